The van der Waals surface area contributed by atoms with Gasteiger partial charge in [-0.2, -0.15) is 28.1 Å². The topological polar surface area (TPSA) is 179 Å². The van der Waals surface area contributed by atoms with E-state index in [-0.39, 0.29) is 25.0 Å². The minimum Gasteiger partial charge on any atom is -0.454 e. The van der Waals surface area contributed by atoms with Crippen molar-refractivity contribution in [1.82, 2.24) is 31.1 Å². The number of rotatable bonds is 12. The molecule has 13 nitrogen and oxygen atoms in total. The van der Waals surface area contributed by atoms with Gasteiger partial charge in [-0.1, -0.05) is 37.6 Å². The Labute approximate surface area is 260 Å². The van der Waals surface area contributed by atoms with E-state index in [1.165, 1.54) is 17.6 Å². The lowest BCUT2D eigenvalue weighted by Crippen LogP contribution is -2.45. The van der Waals surface area contributed by atoms with E-state index >= 15 is 0 Å². The molecule has 240 valence electrons. The number of anilines is 3. The zero-order valence-electron chi connectivity index (χ0n) is 24.1. The third-order valence-corrected chi connectivity index (χ3v) is 6.90. The fourth-order valence-corrected chi connectivity index (χ4v) is 4.17. The maximum atomic E-state index is 12.9. The van der Waals surface area contributed by atoms with Gasteiger partial charge in [-0.05, 0) is 60.2 Å². The minimum atomic E-state index is -4.61. The lowest BCUT2D eigenvalue weighted by Gasteiger charge is -2.25. The number of hydroxylamine groups is 1. The number of carbonyl (C=O) groups excluding carboxylic acids is 3. The van der Waals surface area contributed by atoms with Crippen LogP contribution in [-0.2, 0) is 15.1 Å². The molecule has 1 aromatic heterocycles. The van der Waals surface area contributed by atoms with Crippen molar-refractivity contribution in [3.05, 3.63) is 64.7 Å². The first-order valence-electron chi connectivity index (χ1n) is 13.5. The number of benzene rings is 2. The molecule has 1 aliphatic rings. The van der Waals surface area contributed by atoms with Crippen molar-refractivity contribution in [3.8, 4) is 6.01 Å². The molecule has 0 radical (unpaired) electrons. The predicted octanol–water partition coefficient (Wildman–Crippen LogP) is 3.69. The summed E-state index contributed by atoms with van der Waals surface area (Å²) in [5.41, 5.74) is 1.72. The zero-order valence-corrected chi connectivity index (χ0v) is 24.8. The third-order valence-electron chi connectivity index (χ3n) is 6.64. The van der Waals surface area contributed by atoms with Crippen LogP contribution >= 0.6 is 11.6 Å². The number of hydrogen-bond donors (Lipinski definition) is 6. The molecule has 0 atom stereocenters. The van der Waals surface area contributed by atoms with E-state index in [1.54, 1.807) is 38.1 Å². The van der Waals surface area contributed by atoms with E-state index in [0.717, 1.165) is 18.4 Å². The van der Waals surface area contributed by atoms with Crippen LogP contribution in [0.3, 0.4) is 0 Å². The molecule has 0 saturated heterocycles. The summed E-state index contributed by atoms with van der Waals surface area (Å²) in [7, 11) is 0. The summed E-state index contributed by atoms with van der Waals surface area (Å²) in [6.07, 6.45) is -3.14. The largest absolute Gasteiger partial charge is 0.454 e. The second-order valence-corrected chi connectivity index (χ2v) is 11.5. The van der Waals surface area contributed by atoms with E-state index in [9.17, 15) is 27.6 Å². The summed E-state index contributed by atoms with van der Waals surface area (Å²) in [4.78, 5) is 47.7. The summed E-state index contributed by atoms with van der Waals surface area (Å²) in [5.74, 6) is -2.73. The van der Waals surface area contributed by atoms with Gasteiger partial charge in [-0.15, -0.1) is 0 Å². The molecule has 1 heterocycles. The van der Waals surface area contributed by atoms with E-state index < -0.39 is 47.5 Å². The Balaban J connectivity index is 1.42. The van der Waals surface area contributed by atoms with Gasteiger partial charge >= 0.3 is 24.0 Å². The number of amides is 3. The molecule has 3 aromatic rings. The second kappa shape index (κ2) is 13.5. The molecule has 17 heteroatoms. The molecule has 3 amide bonds. The van der Waals surface area contributed by atoms with Gasteiger partial charge in [0.05, 0.1) is 5.54 Å². The molecule has 0 unspecified atom stereocenters. The van der Waals surface area contributed by atoms with Crippen molar-refractivity contribution in [2.75, 3.05) is 30.3 Å². The first-order valence-corrected chi connectivity index (χ1v) is 13.9. The Morgan fingerprint density at radius 1 is 0.911 bits per heavy atom. The molecule has 1 saturated carbocycles. The van der Waals surface area contributed by atoms with Crippen LogP contribution in [-0.4, -0.2) is 63.8 Å². The Morgan fingerprint density at radius 3 is 2.13 bits per heavy atom. The number of hydrogen-bond acceptors (Lipinski definition) is 10. The van der Waals surface area contributed by atoms with Crippen molar-refractivity contribution in [2.24, 2.45) is 5.41 Å². The van der Waals surface area contributed by atoms with Crippen molar-refractivity contribution >= 4 is 46.9 Å². The van der Waals surface area contributed by atoms with Crippen LogP contribution < -0.4 is 31.5 Å². The van der Waals surface area contributed by atoms with E-state index in [4.69, 9.17) is 21.5 Å². The highest BCUT2D eigenvalue weighted by Crippen LogP contribution is 2.48. The van der Waals surface area contributed by atoms with Gasteiger partial charge in [-0.25, -0.2) is 5.48 Å². The molecule has 45 heavy (non-hydrogen) atoms. The number of aromatic nitrogens is 3. The Kier molecular flexibility index (Phi) is 9.97. The maximum Gasteiger partial charge on any atom is 0.422 e. The van der Waals surface area contributed by atoms with Crippen molar-refractivity contribution in [3.63, 3.8) is 0 Å². The highest BCUT2D eigenvalue weighted by Gasteiger charge is 2.45. The maximum absolute atomic E-state index is 12.9. The van der Waals surface area contributed by atoms with Crippen LogP contribution in [0, 0.1) is 5.41 Å². The van der Waals surface area contributed by atoms with Gasteiger partial charge in [0.25, 0.3) is 5.91 Å². The van der Waals surface area contributed by atoms with Gasteiger partial charge in [0, 0.05) is 29.4 Å². The second-order valence-electron chi connectivity index (χ2n) is 11.1. The van der Waals surface area contributed by atoms with Gasteiger partial charge in [-0.3, -0.25) is 19.6 Å². The summed E-state index contributed by atoms with van der Waals surface area (Å²) in [5, 5.41) is 20.3. The number of alkyl halides is 3. The van der Waals surface area contributed by atoms with Crippen molar-refractivity contribution in [1.29, 1.82) is 0 Å². The first-order chi connectivity index (χ1) is 21.2. The number of carbonyl (C=O) groups is 3. The molecule has 2 aromatic carbocycles. The first kappa shape index (κ1) is 33.2. The Hall–Kier alpha value is -4.70. The average Bonchev–Trinajstić information content (AvgIpc) is 3.77. The third kappa shape index (κ3) is 9.64. The van der Waals surface area contributed by atoms with Crippen LogP contribution in [0.5, 0.6) is 6.01 Å². The molecule has 4 rings (SSSR count). The summed E-state index contributed by atoms with van der Waals surface area (Å²) < 4.78 is 43.4. The van der Waals surface area contributed by atoms with Gasteiger partial charge in [0.1, 0.15) is 0 Å². The molecular weight excluding hydrogens is 621 g/mol. The molecule has 6 N–H and O–H groups in total. The summed E-state index contributed by atoms with van der Waals surface area (Å²) >= 11 is 6.00. The number of ether oxygens (including phenoxy) is 1. The quantitative estimate of drug-likeness (QED) is 0.0962. The van der Waals surface area contributed by atoms with Crippen molar-refractivity contribution < 1.29 is 37.5 Å². The fraction of sp³-hybridized carbons (Fsp3) is 0.357. The van der Waals surface area contributed by atoms with Crippen molar-refractivity contribution in [2.45, 2.75) is 38.4 Å². The van der Waals surface area contributed by atoms with Crippen LogP contribution in [0.2, 0.25) is 5.02 Å². The molecule has 1 aliphatic carbocycles. The van der Waals surface area contributed by atoms with Crippen LogP contribution in [0.4, 0.5) is 30.8 Å². The molecular formula is C28H30ClF3N8O5. The Morgan fingerprint density at radius 2 is 1.53 bits per heavy atom. The lowest BCUT2D eigenvalue weighted by atomic mass is 9.93. The smallest absolute Gasteiger partial charge is 0.422 e. The predicted molar refractivity (Wildman–Crippen MR) is 156 cm³/mol. The normalized spacial score (nSPS) is 13.8. The van der Waals surface area contributed by atoms with E-state index in [1.807, 2.05) is 12.1 Å². The molecule has 0 bridgehead atoms. The lowest BCUT2D eigenvalue weighted by molar-refractivity contribution is -0.154. The average molecular weight is 651 g/mol. The molecule has 0 spiro atoms. The fourth-order valence-electron chi connectivity index (χ4n) is 4.04. The monoisotopic (exact) mass is 650 g/mol. The summed E-state index contributed by atoms with van der Waals surface area (Å²) in [6, 6.07) is 12.8. The van der Waals surface area contributed by atoms with Gasteiger partial charge < -0.3 is 26.0 Å². The van der Waals surface area contributed by atoms with Gasteiger partial charge in [0.15, 0.2) is 6.61 Å². The summed E-state index contributed by atoms with van der Waals surface area (Å²) in [6.45, 7) is 2.10. The molecule has 0 aliphatic heterocycles. The minimum absolute atomic E-state index is 0.00363. The van der Waals surface area contributed by atoms with E-state index in [0.29, 0.717) is 16.3 Å². The number of nitrogens with zero attached hydrogens (tertiary/aromatic N) is 3. The highest BCUT2D eigenvalue weighted by atomic mass is 35.5. The van der Waals surface area contributed by atoms with Crippen LogP contribution in [0.15, 0.2) is 48.5 Å². The number of halogens is 4. The standard InChI is InChI=1S/C28H30ClF3N8O5/c1-26(2,14-34-21(42)22(43)40-44)13-33-20(41)16-3-9-19(10-4-16)35-23-36-24(38-25(37-23)45-15-28(30,31)32)39-27(11-12-27)17-5-7-18(29)8-6-17/h3-10,44H,11-15H2,1-2H3,(H,33,41)(H,34,42)(H,40,43)(H2,35,36,37,38,39). The van der Waals surface area contributed by atoms with Crippen LogP contribution in [0.1, 0.15) is 42.6 Å². The van der Waals surface area contributed by atoms with E-state index in [2.05, 4.69) is 36.2 Å². The Bertz CT molecular complexity index is 1530. The van der Waals surface area contributed by atoms with Crippen LogP contribution in [0.25, 0.3) is 0 Å². The number of nitrogens with one attached hydrogen (secondary N) is 5. The van der Waals surface area contributed by atoms with Gasteiger partial charge in [0.2, 0.25) is 11.9 Å². The zero-order chi connectivity index (χ0) is 32.8. The highest BCUT2D eigenvalue weighted by molar-refractivity contribution is 6.34. The SMILES string of the molecule is CC(C)(CNC(=O)C(=O)NO)CNC(=O)c1ccc(Nc2nc(NC3(c4ccc(Cl)cc4)CC3)nc(OCC(F)(F)F)n2)cc1. The molecule has 1 fully saturated rings.